The largest absolute Gasteiger partial charge is 0.497 e. The van der Waals surface area contributed by atoms with Gasteiger partial charge in [-0.2, -0.15) is 0 Å². The summed E-state index contributed by atoms with van der Waals surface area (Å²) in [5.74, 6) is 1.34. The van der Waals surface area contributed by atoms with Crippen LogP contribution in [0.4, 0.5) is 0 Å². The molecule has 1 N–H and O–H groups in total. The summed E-state index contributed by atoms with van der Waals surface area (Å²) in [6.07, 6.45) is 9.78. The Labute approximate surface area is 282 Å². The Hall–Kier alpha value is -4.69. The summed E-state index contributed by atoms with van der Waals surface area (Å²) in [7, 11) is 8.95. The normalized spacial score (nSPS) is 16.4. The van der Waals surface area contributed by atoms with Crippen LogP contribution in [0.15, 0.2) is 84.9 Å². The highest BCUT2D eigenvalue weighted by Gasteiger charge is 2.44. The lowest BCUT2D eigenvalue weighted by molar-refractivity contribution is -0.116. The topological polar surface area (TPSA) is 69.6 Å². The molecular formula is C39H40ClNO6. The van der Waals surface area contributed by atoms with Crippen LogP contribution in [0.25, 0.3) is 29.4 Å². The first-order chi connectivity index (χ1) is 22.3. The van der Waals surface area contributed by atoms with Gasteiger partial charge in [-0.15, -0.1) is 12.4 Å². The smallest absolute Gasteiger partial charge is 0.270 e. The molecule has 0 radical (unpaired) electrons. The van der Waals surface area contributed by atoms with E-state index in [0.717, 1.165) is 18.5 Å². The van der Waals surface area contributed by atoms with Gasteiger partial charge >= 0.3 is 0 Å². The lowest BCUT2D eigenvalue weighted by Gasteiger charge is -2.39. The van der Waals surface area contributed by atoms with Gasteiger partial charge in [0.15, 0.2) is 18.1 Å². The Bertz CT molecular complexity index is 1790. The lowest BCUT2D eigenvalue weighted by Crippen LogP contribution is -2.47. The Balaban J connectivity index is 0.000000183. The SMILES string of the molecule is CN(C)CCC=C1c2ccccc2C=Cc2ccccc21.COc1ccc2c(c1)OC1(O)COc3cc(OC)c(OC)cc3C1=C2.Cl. The Kier molecular flexibility index (Phi) is 10.3. The van der Waals surface area contributed by atoms with E-state index in [2.05, 4.69) is 85.8 Å². The molecule has 0 amide bonds. The van der Waals surface area contributed by atoms with Crippen molar-refractivity contribution in [3.63, 3.8) is 0 Å². The monoisotopic (exact) mass is 653 g/mol. The minimum absolute atomic E-state index is 0. The van der Waals surface area contributed by atoms with Gasteiger partial charge in [0, 0.05) is 35.4 Å². The molecule has 2 aliphatic heterocycles. The summed E-state index contributed by atoms with van der Waals surface area (Å²) in [6.45, 7) is 1.04. The third-order valence-corrected chi connectivity index (χ3v) is 8.29. The van der Waals surface area contributed by atoms with Crippen molar-refractivity contribution in [2.75, 3.05) is 48.6 Å². The Morgan fingerprint density at radius 1 is 0.766 bits per heavy atom. The standard InChI is InChI=1S/C20H21N.C19H18O6.ClH/c1-21(2)15-7-12-20-18-10-5-3-8-16(18)13-14-17-9-4-6-11-19(17)20;1-21-12-5-4-11-6-14-13-8-17(22-2)18(23-3)9-16(13)24-10-19(14,20)25-15(11)7-12;/h3-6,8-14H,7,15H2,1-2H3;4-9,20H,10H2,1-3H3;1H. The van der Waals surface area contributed by atoms with E-state index in [1.54, 1.807) is 39.5 Å². The summed E-state index contributed by atoms with van der Waals surface area (Å²) >= 11 is 0. The third kappa shape index (κ3) is 6.88. The second-order valence-electron chi connectivity index (χ2n) is 11.6. The number of rotatable bonds is 6. The van der Waals surface area contributed by atoms with Crippen LogP contribution in [0.3, 0.4) is 0 Å². The van der Waals surface area contributed by atoms with Gasteiger partial charge in [-0.3, -0.25) is 0 Å². The first-order valence-corrected chi connectivity index (χ1v) is 15.3. The average molecular weight is 654 g/mol. The maximum Gasteiger partial charge on any atom is 0.270 e. The highest BCUT2D eigenvalue weighted by atomic mass is 35.5. The molecular weight excluding hydrogens is 614 g/mol. The van der Waals surface area contributed by atoms with Crippen molar-refractivity contribution in [1.82, 2.24) is 4.90 Å². The number of benzene rings is 4. The van der Waals surface area contributed by atoms with Crippen molar-refractivity contribution in [1.29, 1.82) is 0 Å². The Morgan fingerprint density at radius 3 is 2.02 bits per heavy atom. The van der Waals surface area contributed by atoms with Gasteiger partial charge < -0.3 is 33.7 Å². The minimum atomic E-state index is -1.58. The van der Waals surface area contributed by atoms with Gasteiger partial charge in [-0.1, -0.05) is 66.8 Å². The predicted molar refractivity (Wildman–Crippen MR) is 191 cm³/mol. The molecule has 0 aromatic heterocycles. The van der Waals surface area contributed by atoms with Crippen LogP contribution in [0.2, 0.25) is 0 Å². The quantitative estimate of drug-likeness (QED) is 0.201. The van der Waals surface area contributed by atoms with Crippen LogP contribution in [0, 0.1) is 0 Å². The zero-order valence-corrected chi connectivity index (χ0v) is 28.1. The zero-order chi connectivity index (χ0) is 32.3. The van der Waals surface area contributed by atoms with Crippen molar-refractivity contribution >= 4 is 41.8 Å². The molecule has 8 heteroatoms. The molecule has 7 nitrogen and oxygen atoms in total. The van der Waals surface area contributed by atoms with Crippen molar-refractivity contribution in [3.05, 3.63) is 118 Å². The second-order valence-corrected chi connectivity index (χ2v) is 11.6. The fraction of sp³-hybridized carbons (Fsp3) is 0.231. The van der Waals surface area contributed by atoms with Gasteiger partial charge in [-0.25, -0.2) is 0 Å². The molecule has 4 aromatic rings. The number of ether oxygens (including phenoxy) is 5. The van der Waals surface area contributed by atoms with E-state index >= 15 is 0 Å². The van der Waals surface area contributed by atoms with Crippen LogP contribution in [-0.2, 0) is 0 Å². The van der Waals surface area contributed by atoms with Crippen LogP contribution in [-0.4, -0.2) is 64.4 Å². The predicted octanol–water partition coefficient (Wildman–Crippen LogP) is 7.70. The lowest BCUT2D eigenvalue weighted by atomic mass is 9.90. The van der Waals surface area contributed by atoms with Gasteiger partial charge in [-0.05, 0) is 72.6 Å². The molecule has 1 atom stereocenters. The molecule has 0 saturated carbocycles. The number of hydrogen-bond donors (Lipinski definition) is 1. The highest BCUT2D eigenvalue weighted by Crippen LogP contribution is 2.49. The fourth-order valence-corrected chi connectivity index (χ4v) is 5.90. The first kappa shape index (κ1) is 33.7. The fourth-order valence-electron chi connectivity index (χ4n) is 5.90. The van der Waals surface area contributed by atoms with Crippen molar-refractivity contribution in [2.45, 2.75) is 12.2 Å². The van der Waals surface area contributed by atoms with Crippen molar-refractivity contribution in [3.8, 4) is 28.7 Å². The molecule has 2 heterocycles. The minimum Gasteiger partial charge on any atom is -0.497 e. The molecule has 0 saturated heterocycles. The summed E-state index contributed by atoms with van der Waals surface area (Å²) in [4.78, 5) is 2.23. The van der Waals surface area contributed by atoms with Crippen LogP contribution < -0.4 is 23.7 Å². The van der Waals surface area contributed by atoms with Crippen LogP contribution >= 0.6 is 12.4 Å². The molecule has 0 bridgehead atoms. The van der Waals surface area contributed by atoms with Crippen LogP contribution in [0.5, 0.6) is 28.7 Å². The number of fused-ring (bicyclic) bond motifs is 6. The van der Waals surface area contributed by atoms with E-state index < -0.39 is 5.79 Å². The van der Waals surface area contributed by atoms with E-state index in [4.69, 9.17) is 23.7 Å². The van der Waals surface area contributed by atoms with Gasteiger partial charge in [0.05, 0.1) is 21.3 Å². The Morgan fingerprint density at radius 2 is 1.40 bits per heavy atom. The van der Waals surface area contributed by atoms with Crippen molar-refractivity contribution < 1.29 is 28.8 Å². The third-order valence-electron chi connectivity index (χ3n) is 8.29. The summed E-state index contributed by atoms with van der Waals surface area (Å²) in [6, 6.07) is 26.3. The average Bonchev–Trinajstić information content (AvgIpc) is 3.23. The number of nitrogens with zero attached hydrogens (tertiary/aromatic N) is 1. The van der Waals surface area contributed by atoms with Crippen LogP contribution in [0.1, 0.15) is 39.8 Å². The van der Waals surface area contributed by atoms with E-state index in [-0.39, 0.29) is 19.0 Å². The van der Waals surface area contributed by atoms with Crippen molar-refractivity contribution in [2.24, 2.45) is 0 Å². The number of halogens is 1. The number of methoxy groups -OCH3 is 3. The molecule has 244 valence electrons. The summed E-state index contributed by atoms with van der Waals surface area (Å²) in [5.41, 5.74) is 8.78. The summed E-state index contributed by atoms with van der Waals surface area (Å²) in [5, 5.41) is 11.0. The maximum absolute atomic E-state index is 11.0. The summed E-state index contributed by atoms with van der Waals surface area (Å²) < 4.78 is 27.5. The van der Waals surface area contributed by atoms with E-state index in [9.17, 15) is 5.11 Å². The molecule has 3 aliphatic rings. The molecule has 47 heavy (non-hydrogen) atoms. The highest BCUT2D eigenvalue weighted by molar-refractivity contribution is 5.94. The number of hydrogen-bond acceptors (Lipinski definition) is 7. The zero-order valence-electron chi connectivity index (χ0n) is 27.3. The molecule has 1 aliphatic carbocycles. The van der Waals surface area contributed by atoms with E-state index in [0.29, 0.717) is 39.9 Å². The molecule has 0 spiro atoms. The molecule has 0 fully saturated rings. The van der Waals surface area contributed by atoms with E-state index in [1.165, 1.54) is 27.8 Å². The molecule has 4 aromatic carbocycles. The van der Waals surface area contributed by atoms with Gasteiger partial charge in [0.25, 0.3) is 5.79 Å². The molecule has 1 unspecified atom stereocenters. The maximum atomic E-state index is 11.0. The van der Waals surface area contributed by atoms with Gasteiger partial charge in [0.1, 0.15) is 17.2 Å². The molecule has 7 rings (SSSR count). The van der Waals surface area contributed by atoms with E-state index in [1.807, 2.05) is 18.2 Å². The second kappa shape index (κ2) is 14.4. The first-order valence-electron chi connectivity index (χ1n) is 15.3. The van der Waals surface area contributed by atoms with Gasteiger partial charge in [0.2, 0.25) is 0 Å². The number of aliphatic hydroxyl groups is 1.